The predicted octanol–water partition coefficient (Wildman–Crippen LogP) is 2.50. The molecule has 1 aliphatic heterocycles. The van der Waals surface area contributed by atoms with Gasteiger partial charge in [-0.05, 0) is 43.5 Å². The number of likely N-dealkylation sites (tertiary alicyclic amines) is 1. The van der Waals surface area contributed by atoms with Crippen LogP contribution in [0.15, 0.2) is 36.7 Å². The molecule has 0 bridgehead atoms. The highest BCUT2D eigenvalue weighted by Gasteiger charge is 2.22. The molecular weight excluding hydrogens is 314 g/mol. The van der Waals surface area contributed by atoms with Gasteiger partial charge in [0.1, 0.15) is 0 Å². The van der Waals surface area contributed by atoms with Crippen LogP contribution in [0.3, 0.4) is 0 Å². The molecule has 3 aromatic rings. The summed E-state index contributed by atoms with van der Waals surface area (Å²) in [5, 5.41) is 8.14. The molecule has 1 aliphatic rings. The van der Waals surface area contributed by atoms with Crippen LogP contribution in [0.25, 0.3) is 22.2 Å². The molecule has 1 fully saturated rings. The first-order valence-electron chi connectivity index (χ1n) is 8.57. The lowest BCUT2D eigenvalue weighted by atomic mass is 10.0. The highest BCUT2D eigenvalue weighted by molar-refractivity contribution is 5.97. The highest BCUT2D eigenvalue weighted by atomic mass is 16.2. The van der Waals surface area contributed by atoms with Crippen molar-refractivity contribution in [3.63, 3.8) is 0 Å². The Labute approximate surface area is 146 Å². The molecule has 1 amide bonds. The number of hydrogen-bond donors (Lipinski definition) is 2. The molecule has 0 saturated carbocycles. The zero-order valence-corrected chi connectivity index (χ0v) is 14.2. The molecule has 6 heteroatoms. The van der Waals surface area contributed by atoms with Crippen LogP contribution in [0.4, 0.5) is 0 Å². The number of carbonyl (C=O) groups is 1. The number of fused-ring (bicyclic) bond motifs is 1. The monoisotopic (exact) mass is 335 g/mol. The average Bonchev–Trinajstić information content (AvgIpc) is 3.10. The van der Waals surface area contributed by atoms with E-state index < -0.39 is 0 Å². The van der Waals surface area contributed by atoms with E-state index in [-0.39, 0.29) is 11.9 Å². The Balaban J connectivity index is 1.65. The Morgan fingerprint density at radius 3 is 2.92 bits per heavy atom. The molecule has 3 N–H and O–H groups in total. The number of nitrogens with one attached hydrogen (secondary N) is 1. The molecular formula is C19H21N5O. The first-order valence-corrected chi connectivity index (χ1v) is 8.57. The second-order valence-corrected chi connectivity index (χ2v) is 6.67. The van der Waals surface area contributed by atoms with Crippen LogP contribution in [0.1, 0.15) is 28.8 Å². The molecule has 1 saturated heterocycles. The van der Waals surface area contributed by atoms with Crippen molar-refractivity contribution >= 4 is 16.8 Å². The molecule has 3 heterocycles. The fourth-order valence-corrected chi connectivity index (χ4v) is 3.51. The number of aryl methyl sites for hydroxylation is 1. The minimum atomic E-state index is 0.00689. The van der Waals surface area contributed by atoms with Gasteiger partial charge >= 0.3 is 0 Å². The number of piperidine rings is 1. The van der Waals surface area contributed by atoms with Crippen molar-refractivity contribution in [3.8, 4) is 11.3 Å². The van der Waals surface area contributed by atoms with Crippen molar-refractivity contribution in [3.05, 3.63) is 47.8 Å². The van der Waals surface area contributed by atoms with Gasteiger partial charge in [0, 0.05) is 36.3 Å². The summed E-state index contributed by atoms with van der Waals surface area (Å²) in [6, 6.07) is 7.89. The molecule has 128 valence electrons. The summed E-state index contributed by atoms with van der Waals surface area (Å²) in [5.41, 5.74) is 10.6. The SMILES string of the molecule is Cc1ccc2[nH]ncc2c1-c1ccc(C(=O)N2CCCC(N)C2)cn1. The van der Waals surface area contributed by atoms with Gasteiger partial charge in [0.25, 0.3) is 5.91 Å². The smallest absolute Gasteiger partial charge is 0.255 e. The van der Waals surface area contributed by atoms with Crippen molar-refractivity contribution in [2.75, 3.05) is 13.1 Å². The number of pyridine rings is 1. The first-order chi connectivity index (χ1) is 12.1. The Bertz CT molecular complexity index is 915. The molecule has 6 nitrogen and oxygen atoms in total. The zero-order chi connectivity index (χ0) is 17.4. The van der Waals surface area contributed by atoms with Crippen LogP contribution >= 0.6 is 0 Å². The number of aromatic amines is 1. The molecule has 4 rings (SSSR count). The van der Waals surface area contributed by atoms with Gasteiger partial charge in [-0.1, -0.05) is 6.07 Å². The first kappa shape index (κ1) is 15.8. The van der Waals surface area contributed by atoms with E-state index in [0.29, 0.717) is 12.1 Å². The number of benzene rings is 1. The normalized spacial score (nSPS) is 17.8. The van der Waals surface area contributed by atoms with E-state index in [9.17, 15) is 4.79 Å². The van der Waals surface area contributed by atoms with Crippen LogP contribution in [0.2, 0.25) is 0 Å². The summed E-state index contributed by atoms with van der Waals surface area (Å²) in [5.74, 6) is 0.00689. The lowest BCUT2D eigenvalue weighted by molar-refractivity contribution is 0.0708. The standard InChI is InChI=1S/C19H21N5O/c1-12-4-6-16-15(10-22-23-16)18(12)17-7-5-13(9-21-17)19(25)24-8-2-3-14(20)11-24/h4-7,9-10,14H,2-3,8,11,20H2,1H3,(H,22,23). The number of nitrogens with two attached hydrogens (primary N) is 1. The maximum atomic E-state index is 12.6. The van der Waals surface area contributed by atoms with Crippen LogP contribution < -0.4 is 5.73 Å². The summed E-state index contributed by atoms with van der Waals surface area (Å²) in [6.45, 7) is 3.44. The summed E-state index contributed by atoms with van der Waals surface area (Å²) < 4.78 is 0. The molecule has 25 heavy (non-hydrogen) atoms. The quantitative estimate of drug-likeness (QED) is 0.753. The molecule has 1 atom stereocenters. The van der Waals surface area contributed by atoms with Crippen LogP contribution in [-0.4, -0.2) is 45.1 Å². The van der Waals surface area contributed by atoms with Crippen molar-refractivity contribution in [2.24, 2.45) is 5.73 Å². The van der Waals surface area contributed by atoms with Gasteiger partial charge < -0.3 is 10.6 Å². The minimum absolute atomic E-state index is 0.00689. The van der Waals surface area contributed by atoms with E-state index in [2.05, 4.69) is 22.1 Å². The second-order valence-electron chi connectivity index (χ2n) is 6.67. The Morgan fingerprint density at radius 2 is 2.16 bits per heavy atom. The van der Waals surface area contributed by atoms with Gasteiger partial charge in [-0.15, -0.1) is 0 Å². The number of aromatic nitrogens is 3. The van der Waals surface area contributed by atoms with E-state index in [1.165, 1.54) is 0 Å². The van der Waals surface area contributed by atoms with Crippen molar-refractivity contribution < 1.29 is 4.79 Å². The molecule has 0 aliphatic carbocycles. The maximum Gasteiger partial charge on any atom is 0.255 e. The topological polar surface area (TPSA) is 87.9 Å². The zero-order valence-electron chi connectivity index (χ0n) is 14.2. The number of amides is 1. The number of rotatable bonds is 2. The molecule has 2 aromatic heterocycles. The summed E-state index contributed by atoms with van der Waals surface area (Å²) in [7, 11) is 0. The molecule has 0 spiro atoms. The van der Waals surface area contributed by atoms with Gasteiger partial charge in [0.05, 0.1) is 23.0 Å². The van der Waals surface area contributed by atoms with E-state index in [4.69, 9.17) is 5.73 Å². The maximum absolute atomic E-state index is 12.6. The van der Waals surface area contributed by atoms with Crippen molar-refractivity contribution in [1.82, 2.24) is 20.1 Å². The van der Waals surface area contributed by atoms with Crippen LogP contribution in [0.5, 0.6) is 0 Å². The van der Waals surface area contributed by atoms with Crippen molar-refractivity contribution in [1.29, 1.82) is 0 Å². The Kier molecular flexibility index (Phi) is 3.97. The third kappa shape index (κ3) is 2.89. The van der Waals surface area contributed by atoms with Crippen molar-refractivity contribution in [2.45, 2.75) is 25.8 Å². The number of hydrogen-bond acceptors (Lipinski definition) is 4. The minimum Gasteiger partial charge on any atom is -0.337 e. The second kappa shape index (κ2) is 6.29. The highest BCUT2D eigenvalue weighted by Crippen LogP contribution is 2.29. The van der Waals surface area contributed by atoms with E-state index in [1.807, 2.05) is 35.4 Å². The Morgan fingerprint density at radius 1 is 1.28 bits per heavy atom. The average molecular weight is 335 g/mol. The van der Waals surface area contributed by atoms with Crippen LogP contribution in [0, 0.1) is 6.92 Å². The lowest BCUT2D eigenvalue weighted by Crippen LogP contribution is -2.45. The predicted molar refractivity (Wildman–Crippen MR) is 97.2 cm³/mol. The van der Waals surface area contributed by atoms with E-state index >= 15 is 0 Å². The Hall–Kier alpha value is -2.73. The largest absolute Gasteiger partial charge is 0.337 e. The lowest BCUT2D eigenvalue weighted by Gasteiger charge is -2.30. The molecule has 1 aromatic carbocycles. The summed E-state index contributed by atoms with van der Waals surface area (Å²) >= 11 is 0. The third-order valence-electron chi connectivity index (χ3n) is 4.84. The summed E-state index contributed by atoms with van der Waals surface area (Å²) in [6.07, 6.45) is 5.42. The van der Waals surface area contributed by atoms with Crippen LogP contribution in [-0.2, 0) is 0 Å². The molecule has 1 unspecified atom stereocenters. The van der Waals surface area contributed by atoms with Gasteiger partial charge in [-0.2, -0.15) is 5.10 Å². The van der Waals surface area contributed by atoms with Gasteiger partial charge in [0.2, 0.25) is 0 Å². The van der Waals surface area contributed by atoms with E-state index in [1.54, 1.807) is 6.20 Å². The van der Waals surface area contributed by atoms with E-state index in [0.717, 1.165) is 47.1 Å². The fraction of sp³-hybridized carbons (Fsp3) is 0.316. The van der Waals surface area contributed by atoms with Gasteiger partial charge in [-0.25, -0.2) is 0 Å². The fourth-order valence-electron chi connectivity index (χ4n) is 3.51. The van der Waals surface area contributed by atoms with Gasteiger partial charge in [-0.3, -0.25) is 14.9 Å². The molecule has 0 radical (unpaired) electrons. The van der Waals surface area contributed by atoms with Gasteiger partial charge in [0.15, 0.2) is 0 Å². The number of nitrogens with zero attached hydrogens (tertiary/aromatic N) is 3. The summed E-state index contributed by atoms with van der Waals surface area (Å²) in [4.78, 5) is 19.0. The number of carbonyl (C=O) groups excluding carboxylic acids is 1. The third-order valence-corrected chi connectivity index (χ3v) is 4.84. The number of H-pyrrole nitrogens is 1.